The van der Waals surface area contributed by atoms with Crippen molar-refractivity contribution in [2.75, 3.05) is 0 Å². The second kappa shape index (κ2) is 6.66. The number of rotatable bonds is 4. The standard InChI is InChI=1S/C18H12O11S/c19-6-9-5-10-15-13(27-9)3-8(20)4-14(15)28-17(16(10)23)7-1-11(21)18(12(22)2-7)29-30(24,25)26/h1-5,19,21-23H,6H2,(H,24,25,26). The molecule has 0 bridgehead atoms. The second-order valence-corrected chi connectivity index (χ2v) is 7.24. The Morgan fingerprint density at radius 3 is 2.10 bits per heavy atom. The smallest absolute Gasteiger partial charge is 0.446 e. The van der Waals surface area contributed by atoms with Gasteiger partial charge in [0.1, 0.15) is 23.5 Å². The third-order valence-electron chi connectivity index (χ3n) is 4.19. The molecule has 30 heavy (non-hydrogen) atoms. The normalized spacial score (nSPS) is 11.9. The zero-order valence-electron chi connectivity index (χ0n) is 14.7. The van der Waals surface area contributed by atoms with Crippen LogP contribution < -0.4 is 9.61 Å². The Morgan fingerprint density at radius 1 is 0.933 bits per heavy atom. The third-order valence-corrected chi connectivity index (χ3v) is 4.57. The number of aromatic hydroxyl groups is 3. The van der Waals surface area contributed by atoms with Crippen molar-refractivity contribution in [3.05, 3.63) is 46.3 Å². The maximum absolute atomic E-state index is 12.0. The molecular formula is C18H12O11S. The molecule has 0 aliphatic rings. The summed E-state index contributed by atoms with van der Waals surface area (Å²) >= 11 is 0. The van der Waals surface area contributed by atoms with Gasteiger partial charge in [-0.15, -0.1) is 0 Å². The molecule has 0 radical (unpaired) electrons. The highest BCUT2D eigenvalue weighted by atomic mass is 32.3. The summed E-state index contributed by atoms with van der Waals surface area (Å²) < 4.78 is 45.6. The average molecular weight is 436 g/mol. The SMILES string of the molecule is O=c1cc2oc(CO)cc3c(O)c(-c4cc(O)c(OS(=O)(=O)O)c(O)c4)oc(c1)c23. The third kappa shape index (κ3) is 3.28. The van der Waals surface area contributed by atoms with Crippen LogP contribution in [0.25, 0.3) is 33.3 Å². The highest BCUT2D eigenvalue weighted by Gasteiger charge is 2.23. The molecule has 0 spiro atoms. The van der Waals surface area contributed by atoms with Crippen LogP contribution in [0.3, 0.4) is 0 Å². The van der Waals surface area contributed by atoms with E-state index in [-0.39, 0.29) is 39.0 Å². The molecule has 0 atom stereocenters. The summed E-state index contributed by atoms with van der Waals surface area (Å²) in [6.07, 6.45) is 0. The molecule has 2 heterocycles. The molecule has 5 N–H and O–H groups in total. The van der Waals surface area contributed by atoms with Crippen molar-refractivity contribution >= 4 is 32.3 Å². The topological polar surface area (TPSA) is 188 Å². The fourth-order valence-corrected chi connectivity index (χ4v) is 3.44. The summed E-state index contributed by atoms with van der Waals surface area (Å²) in [5, 5.41) is 40.5. The van der Waals surface area contributed by atoms with Crippen molar-refractivity contribution in [3.63, 3.8) is 0 Å². The van der Waals surface area contributed by atoms with Crippen LogP contribution in [0, 0.1) is 0 Å². The Hall–Kier alpha value is -3.74. The molecule has 156 valence electrons. The van der Waals surface area contributed by atoms with Crippen molar-refractivity contribution in [2.24, 2.45) is 0 Å². The first-order valence-corrected chi connectivity index (χ1v) is 9.50. The Balaban J connectivity index is 2.02. The minimum absolute atomic E-state index is 0.00535. The van der Waals surface area contributed by atoms with Gasteiger partial charge in [-0.25, -0.2) is 0 Å². The van der Waals surface area contributed by atoms with Gasteiger partial charge in [-0.1, -0.05) is 0 Å². The summed E-state index contributed by atoms with van der Waals surface area (Å²) in [6.45, 7) is -0.520. The van der Waals surface area contributed by atoms with Crippen LogP contribution >= 0.6 is 0 Å². The van der Waals surface area contributed by atoms with Gasteiger partial charge in [0.15, 0.2) is 28.4 Å². The van der Waals surface area contributed by atoms with Crippen molar-refractivity contribution < 1.29 is 46.4 Å². The van der Waals surface area contributed by atoms with E-state index < -0.39 is 45.4 Å². The lowest BCUT2D eigenvalue weighted by Crippen LogP contribution is -2.07. The van der Waals surface area contributed by atoms with Crippen LogP contribution in [0.15, 0.2) is 44.0 Å². The maximum Gasteiger partial charge on any atom is 0.446 e. The Morgan fingerprint density at radius 2 is 1.53 bits per heavy atom. The lowest BCUT2D eigenvalue weighted by Gasteiger charge is -2.13. The van der Waals surface area contributed by atoms with Crippen molar-refractivity contribution in [3.8, 4) is 34.3 Å². The highest BCUT2D eigenvalue weighted by molar-refractivity contribution is 7.81. The van der Waals surface area contributed by atoms with E-state index in [1.54, 1.807) is 0 Å². The number of hydrogen-bond acceptors (Lipinski definition) is 10. The monoisotopic (exact) mass is 436 g/mol. The molecule has 12 heteroatoms. The number of phenolic OH excluding ortho intramolecular Hbond substituents is 2. The molecule has 11 nitrogen and oxygen atoms in total. The fraction of sp³-hybridized carbons (Fsp3) is 0.0556. The van der Waals surface area contributed by atoms with E-state index in [9.17, 15) is 33.6 Å². The lowest BCUT2D eigenvalue weighted by molar-refractivity contribution is 0.249. The van der Waals surface area contributed by atoms with Crippen LogP contribution in [0.4, 0.5) is 0 Å². The molecule has 4 rings (SSSR count). The molecule has 0 unspecified atom stereocenters. The predicted octanol–water partition coefficient (Wildman–Crippen LogP) is 2.00. The van der Waals surface area contributed by atoms with Gasteiger partial charge >= 0.3 is 10.4 Å². The van der Waals surface area contributed by atoms with Gasteiger partial charge in [0.2, 0.25) is 5.75 Å². The number of hydrogen-bond donors (Lipinski definition) is 5. The summed E-state index contributed by atoms with van der Waals surface area (Å²) in [7, 11) is -5.03. The van der Waals surface area contributed by atoms with Gasteiger partial charge in [-0.05, 0) is 18.2 Å². The molecule has 0 aliphatic heterocycles. The van der Waals surface area contributed by atoms with E-state index in [0.29, 0.717) is 0 Å². The van der Waals surface area contributed by atoms with E-state index in [4.69, 9.17) is 13.4 Å². The molecule has 0 saturated carbocycles. The van der Waals surface area contributed by atoms with Gasteiger partial charge in [0, 0.05) is 23.1 Å². The van der Waals surface area contributed by atoms with Crippen molar-refractivity contribution in [1.82, 2.24) is 0 Å². The van der Waals surface area contributed by atoms with Gasteiger partial charge in [0.25, 0.3) is 0 Å². The largest absolute Gasteiger partial charge is 0.504 e. The predicted molar refractivity (Wildman–Crippen MR) is 101 cm³/mol. The maximum atomic E-state index is 12.0. The number of benzene rings is 2. The van der Waals surface area contributed by atoms with E-state index in [1.807, 2.05) is 0 Å². The van der Waals surface area contributed by atoms with Crippen molar-refractivity contribution in [2.45, 2.75) is 6.61 Å². The van der Waals surface area contributed by atoms with Gasteiger partial charge < -0.3 is 33.4 Å². The summed E-state index contributed by atoms with van der Waals surface area (Å²) in [5.74, 6) is -3.45. The zero-order valence-corrected chi connectivity index (χ0v) is 15.5. The van der Waals surface area contributed by atoms with Crippen molar-refractivity contribution in [1.29, 1.82) is 0 Å². The molecule has 0 amide bonds. The van der Waals surface area contributed by atoms with Gasteiger partial charge in [-0.2, -0.15) is 8.42 Å². The summed E-state index contributed by atoms with van der Waals surface area (Å²) in [4.78, 5) is 12.0. The van der Waals surface area contributed by atoms with Crippen LogP contribution in [-0.4, -0.2) is 33.4 Å². The lowest BCUT2D eigenvalue weighted by atomic mass is 10.0. The number of aliphatic hydroxyl groups is 1. The zero-order chi connectivity index (χ0) is 21.8. The van der Waals surface area contributed by atoms with Crippen LogP contribution in [0.1, 0.15) is 5.76 Å². The summed E-state index contributed by atoms with van der Waals surface area (Å²) in [5.41, 5.74) is -0.532. The van der Waals surface area contributed by atoms with Gasteiger partial charge in [0.05, 0.1) is 5.39 Å². The minimum Gasteiger partial charge on any atom is -0.504 e. The molecule has 0 aliphatic carbocycles. The van der Waals surface area contributed by atoms with Crippen LogP contribution in [0.5, 0.6) is 23.0 Å². The average Bonchev–Trinajstić information content (AvgIpc) is 2.65. The highest BCUT2D eigenvalue weighted by Crippen LogP contribution is 2.45. The molecule has 4 aromatic rings. The molecule has 0 fully saturated rings. The Bertz CT molecular complexity index is 1450. The number of aliphatic hydroxyl groups excluding tert-OH is 1. The van der Waals surface area contributed by atoms with Crippen LogP contribution in [-0.2, 0) is 17.0 Å². The van der Waals surface area contributed by atoms with E-state index in [0.717, 1.165) is 24.3 Å². The Kier molecular flexibility index (Phi) is 4.34. The molecule has 2 aromatic heterocycles. The number of phenols is 2. The van der Waals surface area contributed by atoms with Crippen LogP contribution in [0.2, 0.25) is 0 Å². The fourth-order valence-electron chi connectivity index (χ4n) is 3.06. The van der Waals surface area contributed by atoms with E-state index >= 15 is 0 Å². The molecule has 2 aromatic carbocycles. The first-order chi connectivity index (χ1) is 14.1. The van der Waals surface area contributed by atoms with E-state index in [2.05, 4.69) is 4.18 Å². The molecule has 0 saturated heterocycles. The first-order valence-electron chi connectivity index (χ1n) is 8.13. The second-order valence-electron chi connectivity index (χ2n) is 6.21. The summed E-state index contributed by atoms with van der Waals surface area (Å²) in [6, 6.07) is 5.40. The van der Waals surface area contributed by atoms with Gasteiger partial charge in [-0.3, -0.25) is 9.35 Å². The Labute approximate surface area is 166 Å². The van der Waals surface area contributed by atoms with E-state index in [1.165, 1.54) is 6.07 Å². The minimum atomic E-state index is -5.03. The molecular weight excluding hydrogens is 424 g/mol. The first kappa shape index (κ1) is 19.6. The quantitative estimate of drug-likeness (QED) is 0.294.